The van der Waals surface area contributed by atoms with Crippen LogP contribution >= 0.6 is 0 Å². The molecule has 1 aromatic carbocycles. The maximum atomic E-state index is 12.4. The number of amides is 1. The van der Waals surface area contributed by atoms with Gasteiger partial charge >= 0.3 is 0 Å². The molecule has 1 amide bonds. The zero-order valence-electron chi connectivity index (χ0n) is 12.9. The van der Waals surface area contributed by atoms with Gasteiger partial charge in [0.1, 0.15) is 0 Å². The van der Waals surface area contributed by atoms with Crippen LogP contribution in [0.25, 0.3) is 10.9 Å². The van der Waals surface area contributed by atoms with Crippen molar-refractivity contribution in [2.45, 2.75) is 33.1 Å². The van der Waals surface area contributed by atoms with Gasteiger partial charge in [0, 0.05) is 36.6 Å². The number of piperidine rings is 1. The van der Waals surface area contributed by atoms with Crippen molar-refractivity contribution < 1.29 is 4.79 Å². The second-order valence-corrected chi connectivity index (χ2v) is 6.60. The summed E-state index contributed by atoms with van der Waals surface area (Å²) >= 11 is 0. The van der Waals surface area contributed by atoms with Gasteiger partial charge < -0.3 is 9.88 Å². The largest absolute Gasteiger partial charge is 0.361 e. The van der Waals surface area contributed by atoms with Crippen molar-refractivity contribution in [3.05, 3.63) is 36.0 Å². The van der Waals surface area contributed by atoms with Crippen LogP contribution in [0.1, 0.15) is 32.3 Å². The van der Waals surface area contributed by atoms with E-state index in [9.17, 15) is 4.79 Å². The smallest absolute Gasteiger partial charge is 0.222 e. The number of hydrogen-bond donors (Lipinski definition) is 1. The predicted octanol–water partition coefficient (Wildman–Crippen LogP) is 3.61. The van der Waals surface area contributed by atoms with E-state index in [4.69, 9.17) is 0 Å². The van der Waals surface area contributed by atoms with Crippen LogP contribution in [-0.4, -0.2) is 28.9 Å². The fraction of sp³-hybridized carbons (Fsp3) is 0.500. The first-order chi connectivity index (χ1) is 10.1. The number of carbonyl (C=O) groups is 1. The van der Waals surface area contributed by atoms with Crippen molar-refractivity contribution in [1.29, 1.82) is 0 Å². The summed E-state index contributed by atoms with van der Waals surface area (Å²) in [7, 11) is 0. The molecule has 1 saturated heterocycles. The van der Waals surface area contributed by atoms with Crippen molar-refractivity contribution >= 4 is 16.8 Å². The van der Waals surface area contributed by atoms with Gasteiger partial charge in [-0.15, -0.1) is 0 Å². The summed E-state index contributed by atoms with van der Waals surface area (Å²) in [6.45, 7) is 6.35. The Labute approximate surface area is 126 Å². The van der Waals surface area contributed by atoms with Crippen molar-refractivity contribution in [2.75, 3.05) is 13.1 Å². The van der Waals surface area contributed by atoms with Gasteiger partial charge in [-0.3, -0.25) is 4.79 Å². The molecule has 3 rings (SSSR count). The topological polar surface area (TPSA) is 36.1 Å². The van der Waals surface area contributed by atoms with Crippen LogP contribution in [0.5, 0.6) is 0 Å². The molecule has 2 atom stereocenters. The highest BCUT2D eigenvalue weighted by atomic mass is 16.2. The Morgan fingerprint density at radius 3 is 2.71 bits per heavy atom. The molecule has 3 heteroatoms. The Kier molecular flexibility index (Phi) is 4.00. The van der Waals surface area contributed by atoms with Crippen molar-refractivity contribution in [2.24, 2.45) is 11.8 Å². The third-order valence-electron chi connectivity index (χ3n) is 4.50. The maximum Gasteiger partial charge on any atom is 0.222 e. The van der Waals surface area contributed by atoms with Crippen LogP contribution in [0.2, 0.25) is 0 Å². The average Bonchev–Trinajstić information content (AvgIpc) is 2.87. The third kappa shape index (κ3) is 3.12. The molecule has 1 aromatic heterocycles. The zero-order chi connectivity index (χ0) is 14.8. The van der Waals surface area contributed by atoms with Crippen molar-refractivity contribution in [3.63, 3.8) is 0 Å². The minimum atomic E-state index is 0.304. The fourth-order valence-corrected chi connectivity index (χ4v) is 3.60. The molecule has 2 aromatic rings. The highest BCUT2D eigenvalue weighted by Crippen LogP contribution is 2.23. The van der Waals surface area contributed by atoms with E-state index < -0.39 is 0 Å². The Hall–Kier alpha value is -1.77. The number of likely N-dealkylation sites (tertiary alicyclic amines) is 1. The second kappa shape index (κ2) is 5.92. The second-order valence-electron chi connectivity index (χ2n) is 6.60. The summed E-state index contributed by atoms with van der Waals surface area (Å²) in [5, 5.41) is 1.24. The first kappa shape index (κ1) is 14.2. The normalized spacial score (nSPS) is 22.7. The van der Waals surface area contributed by atoms with E-state index in [1.54, 1.807) is 0 Å². The maximum absolute atomic E-state index is 12.4. The molecule has 3 nitrogen and oxygen atoms in total. The van der Waals surface area contributed by atoms with Gasteiger partial charge in [0.2, 0.25) is 5.91 Å². The van der Waals surface area contributed by atoms with Crippen LogP contribution < -0.4 is 0 Å². The molecule has 0 radical (unpaired) electrons. The summed E-state index contributed by atoms with van der Waals surface area (Å²) in [5.41, 5.74) is 2.40. The molecule has 1 fully saturated rings. The summed E-state index contributed by atoms with van der Waals surface area (Å²) < 4.78 is 0. The van der Waals surface area contributed by atoms with Gasteiger partial charge in [0.05, 0.1) is 0 Å². The predicted molar refractivity (Wildman–Crippen MR) is 86.1 cm³/mol. The summed E-state index contributed by atoms with van der Waals surface area (Å²) in [4.78, 5) is 17.8. The number of benzene rings is 1. The van der Waals surface area contributed by atoms with Crippen LogP contribution in [-0.2, 0) is 11.2 Å². The van der Waals surface area contributed by atoms with E-state index in [1.807, 2.05) is 12.3 Å². The molecule has 1 N–H and O–H groups in total. The monoisotopic (exact) mass is 284 g/mol. The molecule has 0 saturated carbocycles. The van der Waals surface area contributed by atoms with E-state index in [1.165, 1.54) is 17.4 Å². The van der Waals surface area contributed by atoms with E-state index in [-0.39, 0.29) is 0 Å². The van der Waals surface area contributed by atoms with E-state index in [2.05, 4.69) is 41.9 Å². The number of carbonyl (C=O) groups excluding carboxylic acids is 1. The Balaban J connectivity index is 1.63. The Morgan fingerprint density at radius 2 is 1.95 bits per heavy atom. The average molecular weight is 284 g/mol. The first-order valence-corrected chi connectivity index (χ1v) is 7.96. The molecule has 0 unspecified atom stereocenters. The Bertz CT molecular complexity index is 621. The fourth-order valence-electron chi connectivity index (χ4n) is 3.60. The number of nitrogens with zero attached hydrogens (tertiary/aromatic N) is 1. The number of aryl methyl sites for hydroxylation is 1. The molecule has 1 aliphatic rings. The van der Waals surface area contributed by atoms with E-state index in [0.717, 1.165) is 25.0 Å². The molecule has 0 bridgehead atoms. The van der Waals surface area contributed by atoms with Crippen LogP contribution in [0.4, 0.5) is 0 Å². The zero-order valence-corrected chi connectivity index (χ0v) is 12.9. The number of aromatic amines is 1. The lowest BCUT2D eigenvalue weighted by molar-refractivity contribution is -0.133. The minimum absolute atomic E-state index is 0.304. The highest BCUT2D eigenvalue weighted by molar-refractivity contribution is 5.84. The molecule has 1 aliphatic heterocycles. The molecule has 0 aliphatic carbocycles. The lowest BCUT2D eigenvalue weighted by Crippen LogP contribution is -2.42. The van der Waals surface area contributed by atoms with Gasteiger partial charge in [0.25, 0.3) is 0 Å². The quantitative estimate of drug-likeness (QED) is 0.918. The molecule has 0 spiro atoms. The lowest BCUT2D eigenvalue weighted by atomic mass is 9.91. The third-order valence-corrected chi connectivity index (χ3v) is 4.50. The SMILES string of the molecule is C[C@@H]1C[C@H](C)CN(C(=O)CCc2c[nH]c3ccccc23)C1. The molecular weight excluding hydrogens is 260 g/mol. The number of hydrogen-bond acceptors (Lipinski definition) is 1. The lowest BCUT2D eigenvalue weighted by Gasteiger charge is -2.35. The van der Waals surface area contributed by atoms with Gasteiger partial charge in [-0.2, -0.15) is 0 Å². The minimum Gasteiger partial charge on any atom is -0.361 e. The molecule has 112 valence electrons. The Morgan fingerprint density at radius 1 is 1.24 bits per heavy atom. The van der Waals surface area contributed by atoms with E-state index >= 15 is 0 Å². The molecule has 21 heavy (non-hydrogen) atoms. The summed E-state index contributed by atoms with van der Waals surface area (Å²) in [5.74, 6) is 1.57. The number of rotatable bonds is 3. The number of aromatic nitrogens is 1. The van der Waals surface area contributed by atoms with Crippen LogP contribution in [0.3, 0.4) is 0 Å². The summed E-state index contributed by atoms with van der Waals surface area (Å²) in [6.07, 6.45) is 4.72. The summed E-state index contributed by atoms with van der Waals surface area (Å²) in [6, 6.07) is 8.28. The van der Waals surface area contributed by atoms with Crippen molar-refractivity contribution in [3.8, 4) is 0 Å². The van der Waals surface area contributed by atoms with Gasteiger partial charge in [-0.1, -0.05) is 32.0 Å². The number of H-pyrrole nitrogens is 1. The number of fused-ring (bicyclic) bond motifs is 1. The van der Waals surface area contributed by atoms with Gasteiger partial charge in [-0.05, 0) is 36.3 Å². The van der Waals surface area contributed by atoms with Crippen LogP contribution in [0.15, 0.2) is 30.5 Å². The van der Waals surface area contributed by atoms with Crippen LogP contribution in [0, 0.1) is 11.8 Å². The van der Waals surface area contributed by atoms with Gasteiger partial charge in [0.15, 0.2) is 0 Å². The standard InChI is InChI=1S/C18H24N2O/c1-13-9-14(2)12-20(11-13)18(21)8-7-15-10-19-17-6-4-3-5-16(15)17/h3-6,10,13-14,19H,7-9,11-12H2,1-2H3/t13-,14+. The van der Waals surface area contributed by atoms with E-state index in [0.29, 0.717) is 24.2 Å². The highest BCUT2D eigenvalue weighted by Gasteiger charge is 2.25. The number of nitrogens with one attached hydrogen (secondary N) is 1. The van der Waals surface area contributed by atoms with Gasteiger partial charge in [-0.25, -0.2) is 0 Å². The first-order valence-electron chi connectivity index (χ1n) is 7.96. The molecule has 2 heterocycles. The van der Waals surface area contributed by atoms with Crippen molar-refractivity contribution in [1.82, 2.24) is 9.88 Å². The number of para-hydroxylation sites is 1. The molecular formula is C18H24N2O.